The first-order valence-electron chi connectivity index (χ1n) is 5.94. The standard InChI is InChI=1S/C14H20N/c1-15-11-9-14(10-12-15)8-7-13-5-3-2-4-6-13/h2-6,14H,1,7-12H2/q-1. The van der Waals surface area contributed by atoms with Gasteiger partial charge in [0.2, 0.25) is 0 Å². The van der Waals surface area contributed by atoms with Gasteiger partial charge in [0.1, 0.15) is 0 Å². The fraction of sp³-hybridized carbons (Fsp3) is 0.500. The van der Waals surface area contributed by atoms with Gasteiger partial charge in [-0.15, -0.1) is 0 Å². The fourth-order valence-corrected chi connectivity index (χ4v) is 2.29. The minimum Gasteiger partial charge on any atom is -0.459 e. The summed E-state index contributed by atoms with van der Waals surface area (Å²) in [5, 5.41) is 0. The normalized spacial score (nSPS) is 19.3. The van der Waals surface area contributed by atoms with E-state index in [1.807, 2.05) is 0 Å². The van der Waals surface area contributed by atoms with Crippen LogP contribution in [0.25, 0.3) is 0 Å². The van der Waals surface area contributed by atoms with Crippen molar-refractivity contribution >= 4 is 0 Å². The second-order valence-electron chi connectivity index (χ2n) is 4.59. The molecule has 15 heavy (non-hydrogen) atoms. The summed E-state index contributed by atoms with van der Waals surface area (Å²) in [6.45, 7) is 2.36. The molecule has 0 atom stereocenters. The van der Waals surface area contributed by atoms with Gasteiger partial charge in [-0.3, -0.25) is 7.05 Å². The van der Waals surface area contributed by atoms with E-state index >= 15 is 0 Å². The molecular weight excluding hydrogens is 182 g/mol. The van der Waals surface area contributed by atoms with Crippen molar-refractivity contribution in [3.05, 3.63) is 42.9 Å². The monoisotopic (exact) mass is 202 g/mol. The predicted octanol–water partition coefficient (Wildman–Crippen LogP) is 3.12. The van der Waals surface area contributed by atoms with Crippen LogP contribution in [0.5, 0.6) is 0 Å². The Labute approximate surface area is 93.1 Å². The summed E-state index contributed by atoms with van der Waals surface area (Å²) in [4.78, 5) is 2.19. The molecule has 1 fully saturated rings. The van der Waals surface area contributed by atoms with E-state index in [1.165, 1.54) is 44.3 Å². The maximum atomic E-state index is 3.98. The molecule has 1 heteroatoms. The number of likely N-dealkylation sites (tertiary alicyclic amines) is 1. The summed E-state index contributed by atoms with van der Waals surface area (Å²) in [6, 6.07) is 10.8. The van der Waals surface area contributed by atoms with Crippen LogP contribution >= 0.6 is 0 Å². The molecule has 0 saturated carbocycles. The summed E-state index contributed by atoms with van der Waals surface area (Å²) in [5.41, 5.74) is 1.48. The molecule has 1 aliphatic heterocycles. The zero-order valence-electron chi connectivity index (χ0n) is 9.36. The molecule has 1 saturated heterocycles. The molecule has 1 aromatic carbocycles. The largest absolute Gasteiger partial charge is 0.459 e. The Morgan fingerprint density at radius 3 is 2.47 bits per heavy atom. The summed E-state index contributed by atoms with van der Waals surface area (Å²) >= 11 is 0. The van der Waals surface area contributed by atoms with Gasteiger partial charge in [0.25, 0.3) is 0 Å². The quantitative estimate of drug-likeness (QED) is 0.681. The van der Waals surface area contributed by atoms with Gasteiger partial charge in [-0.05, 0) is 50.3 Å². The van der Waals surface area contributed by atoms with E-state index in [1.54, 1.807) is 0 Å². The second-order valence-corrected chi connectivity index (χ2v) is 4.59. The highest BCUT2D eigenvalue weighted by molar-refractivity contribution is 5.14. The van der Waals surface area contributed by atoms with E-state index < -0.39 is 0 Å². The van der Waals surface area contributed by atoms with Gasteiger partial charge in [0, 0.05) is 0 Å². The molecule has 0 N–H and O–H groups in total. The number of nitrogens with zero attached hydrogens (tertiary/aromatic N) is 1. The SMILES string of the molecule is [CH2-]N1CCC(CCc2ccccc2)CC1. The molecule has 1 heterocycles. The summed E-state index contributed by atoms with van der Waals surface area (Å²) in [6.07, 6.45) is 5.24. The van der Waals surface area contributed by atoms with Crippen molar-refractivity contribution < 1.29 is 0 Å². The van der Waals surface area contributed by atoms with Crippen LogP contribution < -0.4 is 0 Å². The number of benzene rings is 1. The first-order valence-corrected chi connectivity index (χ1v) is 5.94. The van der Waals surface area contributed by atoms with Crippen LogP contribution in [-0.2, 0) is 6.42 Å². The lowest BCUT2D eigenvalue weighted by molar-refractivity contribution is 0.231. The van der Waals surface area contributed by atoms with Gasteiger partial charge in [0.05, 0.1) is 0 Å². The Morgan fingerprint density at radius 2 is 1.80 bits per heavy atom. The molecule has 0 radical (unpaired) electrons. The van der Waals surface area contributed by atoms with Crippen molar-refractivity contribution in [2.75, 3.05) is 13.1 Å². The highest BCUT2D eigenvalue weighted by Gasteiger charge is 2.13. The maximum absolute atomic E-state index is 3.98. The number of hydrogen-bond acceptors (Lipinski definition) is 1. The van der Waals surface area contributed by atoms with Gasteiger partial charge in [0.15, 0.2) is 0 Å². The highest BCUT2D eigenvalue weighted by atomic mass is 15.1. The maximum Gasteiger partial charge on any atom is -0.0276 e. The van der Waals surface area contributed by atoms with Crippen LogP contribution in [0, 0.1) is 13.0 Å². The lowest BCUT2D eigenvalue weighted by Crippen LogP contribution is -2.28. The topological polar surface area (TPSA) is 3.24 Å². The Morgan fingerprint density at radius 1 is 1.13 bits per heavy atom. The lowest BCUT2D eigenvalue weighted by atomic mass is 9.91. The van der Waals surface area contributed by atoms with Crippen LogP contribution in [0.4, 0.5) is 0 Å². The Bertz CT molecular complexity index is 273. The molecule has 82 valence electrons. The smallest absolute Gasteiger partial charge is 0.0276 e. The van der Waals surface area contributed by atoms with Crippen LogP contribution in [-0.4, -0.2) is 18.0 Å². The number of piperidine rings is 1. The first kappa shape index (κ1) is 10.7. The van der Waals surface area contributed by atoms with Crippen molar-refractivity contribution in [3.8, 4) is 0 Å². The van der Waals surface area contributed by atoms with Gasteiger partial charge >= 0.3 is 0 Å². The molecule has 0 aliphatic carbocycles. The van der Waals surface area contributed by atoms with Crippen molar-refractivity contribution in [3.63, 3.8) is 0 Å². The van der Waals surface area contributed by atoms with E-state index in [-0.39, 0.29) is 0 Å². The average molecular weight is 202 g/mol. The van der Waals surface area contributed by atoms with Gasteiger partial charge in [-0.1, -0.05) is 30.3 Å². The molecule has 0 bridgehead atoms. The van der Waals surface area contributed by atoms with Crippen molar-refractivity contribution in [1.29, 1.82) is 0 Å². The minimum absolute atomic E-state index is 0.920. The van der Waals surface area contributed by atoms with Gasteiger partial charge < -0.3 is 4.90 Å². The molecular formula is C14H20N-. The van der Waals surface area contributed by atoms with Gasteiger partial charge in [-0.25, -0.2) is 0 Å². The van der Waals surface area contributed by atoms with Crippen molar-refractivity contribution in [2.24, 2.45) is 5.92 Å². The van der Waals surface area contributed by atoms with E-state index in [9.17, 15) is 0 Å². The highest BCUT2D eigenvalue weighted by Crippen LogP contribution is 2.21. The summed E-state index contributed by atoms with van der Waals surface area (Å²) in [5.74, 6) is 0.920. The predicted molar refractivity (Wildman–Crippen MR) is 64.4 cm³/mol. The van der Waals surface area contributed by atoms with Crippen LogP contribution in [0.3, 0.4) is 0 Å². The number of rotatable bonds is 3. The molecule has 0 unspecified atom stereocenters. The summed E-state index contributed by atoms with van der Waals surface area (Å²) < 4.78 is 0. The van der Waals surface area contributed by atoms with Gasteiger partial charge in [-0.2, -0.15) is 0 Å². The van der Waals surface area contributed by atoms with E-state index in [0.717, 1.165) is 5.92 Å². The zero-order chi connectivity index (χ0) is 10.5. The number of aryl methyl sites for hydroxylation is 1. The first-order chi connectivity index (χ1) is 7.34. The fourth-order valence-electron chi connectivity index (χ4n) is 2.29. The molecule has 2 rings (SSSR count). The Kier molecular flexibility index (Phi) is 3.79. The molecule has 0 aromatic heterocycles. The lowest BCUT2D eigenvalue weighted by Gasteiger charge is -2.34. The second kappa shape index (κ2) is 5.32. The average Bonchev–Trinajstić information content (AvgIpc) is 2.30. The minimum atomic E-state index is 0.920. The third-order valence-corrected chi connectivity index (χ3v) is 3.39. The van der Waals surface area contributed by atoms with E-state index in [2.05, 4.69) is 42.3 Å². The van der Waals surface area contributed by atoms with Crippen molar-refractivity contribution in [1.82, 2.24) is 4.90 Å². The van der Waals surface area contributed by atoms with Crippen LogP contribution in [0.15, 0.2) is 30.3 Å². The molecule has 1 nitrogen and oxygen atoms in total. The van der Waals surface area contributed by atoms with Crippen LogP contribution in [0.2, 0.25) is 0 Å². The molecule has 1 aromatic rings. The van der Waals surface area contributed by atoms with Crippen molar-refractivity contribution in [2.45, 2.75) is 25.7 Å². The van der Waals surface area contributed by atoms with E-state index in [0.29, 0.717) is 0 Å². The Hall–Kier alpha value is -0.820. The molecule has 0 spiro atoms. The zero-order valence-corrected chi connectivity index (χ0v) is 9.36. The molecule has 0 amide bonds. The van der Waals surface area contributed by atoms with E-state index in [4.69, 9.17) is 0 Å². The third kappa shape index (κ3) is 3.35. The Balaban J connectivity index is 1.74. The van der Waals surface area contributed by atoms with Crippen LogP contribution in [0.1, 0.15) is 24.8 Å². The third-order valence-electron chi connectivity index (χ3n) is 3.39. The molecule has 1 aliphatic rings. The summed E-state index contributed by atoms with van der Waals surface area (Å²) in [7, 11) is 3.98. The number of hydrogen-bond donors (Lipinski definition) is 0.